The van der Waals surface area contributed by atoms with Gasteiger partial charge in [-0.25, -0.2) is 0 Å². The van der Waals surface area contributed by atoms with Crippen molar-refractivity contribution < 1.29 is 0 Å². The van der Waals surface area contributed by atoms with Crippen LogP contribution < -0.4 is 16.8 Å². The summed E-state index contributed by atoms with van der Waals surface area (Å²) >= 11 is 6.13. The number of guanidine groups is 1. The van der Waals surface area contributed by atoms with Crippen LogP contribution in [0.5, 0.6) is 0 Å². The van der Waals surface area contributed by atoms with E-state index < -0.39 is 0 Å². The zero-order valence-corrected chi connectivity index (χ0v) is 16.2. The monoisotopic (exact) mass is 392 g/mol. The molecule has 0 atom stereocenters. The van der Waals surface area contributed by atoms with E-state index >= 15 is 0 Å². The molecule has 0 fully saturated rings. The summed E-state index contributed by atoms with van der Waals surface area (Å²) in [5.41, 5.74) is 16.1. The Morgan fingerprint density at radius 3 is 2.64 bits per heavy atom. The molecule has 2 aromatic heterocycles. The summed E-state index contributed by atoms with van der Waals surface area (Å²) < 4.78 is 2.19. The van der Waals surface area contributed by atoms with Gasteiger partial charge in [0.1, 0.15) is 0 Å². The molecular weight excluding hydrogens is 372 g/mol. The van der Waals surface area contributed by atoms with Crippen LogP contribution in [0.25, 0.3) is 21.8 Å². The van der Waals surface area contributed by atoms with Gasteiger partial charge in [-0.05, 0) is 55.0 Å². The number of nitrogens with one attached hydrogen (secondary N) is 1. The number of aromatic nitrogens is 2. The van der Waals surface area contributed by atoms with E-state index in [0.717, 1.165) is 43.8 Å². The highest BCUT2D eigenvalue weighted by Gasteiger charge is 2.11. The molecule has 2 heterocycles. The van der Waals surface area contributed by atoms with Crippen LogP contribution in [0.2, 0.25) is 5.02 Å². The zero-order valence-electron chi connectivity index (χ0n) is 15.5. The quantitative estimate of drug-likeness (QED) is 0.351. The average molecular weight is 393 g/mol. The lowest BCUT2D eigenvalue weighted by Gasteiger charge is -2.09. The summed E-state index contributed by atoms with van der Waals surface area (Å²) in [5, 5.41) is 6.51. The van der Waals surface area contributed by atoms with Crippen molar-refractivity contribution in [3.8, 4) is 0 Å². The maximum Gasteiger partial charge on any atom is 0.185 e. The minimum Gasteiger partial charge on any atom is -0.370 e. The van der Waals surface area contributed by atoms with Gasteiger partial charge < -0.3 is 21.4 Å². The number of hydrogen-bond donors (Lipinski definition) is 3. The Morgan fingerprint density at radius 2 is 1.86 bits per heavy atom. The highest BCUT2D eigenvalue weighted by atomic mass is 35.5. The minimum atomic E-state index is 0.101. The fraction of sp³-hybridized carbons (Fsp3) is 0.143. The first-order chi connectivity index (χ1) is 13.5. The molecule has 0 unspecified atom stereocenters. The summed E-state index contributed by atoms with van der Waals surface area (Å²) in [6.45, 7) is 3.18. The zero-order chi connectivity index (χ0) is 19.7. The second-order valence-corrected chi connectivity index (χ2v) is 7.08. The third-order valence-corrected chi connectivity index (χ3v) is 5.16. The van der Waals surface area contributed by atoms with Crippen molar-refractivity contribution in [3.05, 3.63) is 65.4 Å². The number of aliphatic imine (C=N–C) groups is 1. The van der Waals surface area contributed by atoms with Crippen LogP contribution in [0.15, 0.2) is 59.9 Å². The molecule has 142 valence electrons. The number of fused-ring (bicyclic) bond motifs is 3. The molecule has 0 aliphatic heterocycles. The summed E-state index contributed by atoms with van der Waals surface area (Å²) in [7, 11) is 0. The Kier molecular flexibility index (Phi) is 4.79. The number of hydrogen-bond acceptors (Lipinski definition) is 3. The van der Waals surface area contributed by atoms with Crippen molar-refractivity contribution in [2.45, 2.75) is 13.5 Å². The van der Waals surface area contributed by atoms with Gasteiger partial charge in [0.2, 0.25) is 0 Å². The van der Waals surface area contributed by atoms with Crippen LogP contribution in [0.1, 0.15) is 5.56 Å². The molecule has 4 aromatic rings. The van der Waals surface area contributed by atoms with Crippen LogP contribution in [-0.2, 0) is 6.54 Å². The van der Waals surface area contributed by atoms with Gasteiger partial charge in [-0.1, -0.05) is 11.6 Å². The molecule has 0 bridgehead atoms. The molecule has 28 heavy (non-hydrogen) atoms. The van der Waals surface area contributed by atoms with Gasteiger partial charge in [-0.3, -0.25) is 9.98 Å². The van der Waals surface area contributed by atoms with E-state index in [1.807, 2.05) is 43.6 Å². The largest absolute Gasteiger partial charge is 0.370 e. The third-order valence-electron chi connectivity index (χ3n) is 4.73. The van der Waals surface area contributed by atoms with Crippen LogP contribution in [0, 0.1) is 6.92 Å². The van der Waals surface area contributed by atoms with E-state index in [9.17, 15) is 0 Å². The number of pyridine rings is 1. The normalized spacial score (nSPS) is 11.1. The van der Waals surface area contributed by atoms with E-state index in [1.165, 1.54) is 0 Å². The Balaban J connectivity index is 1.75. The minimum absolute atomic E-state index is 0.101. The fourth-order valence-electron chi connectivity index (χ4n) is 3.43. The molecule has 5 N–H and O–H groups in total. The number of anilines is 2. The Morgan fingerprint density at radius 1 is 1.07 bits per heavy atom. The molecule has 0 aliphatic carbocycles. The van der Waals surface area contributed by atoms with Crippen molar-refractivity contribution in [2.75, 3.05) is 11.9 Å². The molecule has 7 heteroatoms. The first kappa shape index (κ1) is 18.1. The van der Waals surface area contributed by atoms with Crippen LogP contribution >= 0.6 is 11.6 Å². The van der Waals surface area contributed by atoms with E-state index in [2.05, 4.69) is 38.1 Å². The van der Waals surface area contributed by atoms with Gasteiger partial charge >= 0.3 is 0 Å². The van der Waals surface area contributed by atoms with Crippen LogP contribution in [0.3, 0.4) is 0 Å². The molecule has 0 amide bonds. The highest BCUT2D eigenvalue weighted by molar-refractivity contribution is 6.31. The SMILES string of the molecule is Cc1cc(Nc2ccc3c(c2)c2ccncc2n3CCN=C(N)N)ccc1Cl. The standard InChI is InChI=1S/C21H21ClN6/c1-13-10-14(2-4-18(13)22)27-15-3-5-19-17(11-15)16-6-7-25-12-20(16)28(19)9-8-26-21(23)24/h2-7,10-12,27H,8-9H2,1H3,(H4,23,24,26). The van der Waals surface area contributed by atoms with Gasteiger partial charge in [0.05, 0.1) is 18.3 Å². The summed E-state index contributed by atoms with van der Waals surface area (Å²) in [6.07, 6.45) is 3.69. The number of nitrogens with zero attached hydrogens (tertiary/aromatic N) is 3. The van der Waals surface area contributed by atoms with Crippen molar-refractivity contribution in [1.29, 1.82) is 0 Å². The van der Waals surface area contributed by atoms with Crippen molar-refractivity contribution in [1.82, 2.24) is 9.55 Å². The molecule has 4 rings (SSSR count). The second kappa shape index (κ2) is 7.40. The van der Waals surface area contributed by atoms with Crippen molar-refractivity contribution in [3.63, 3.8) is 0 Å². The maximum absolute atomic E-state index is 6.13. The first-order valence-corrected chi connectivity index (χ1v) is 9.35. The first-order valence-electron chi connectivity index (χ1n) is 8.97. The highest BCUT2D eigenvalue weighted by Crippen LogP contribution is 2.32. The Hall–Kier alpha value is -3.25. The van der Waals surface area contributed by atoms with E-state index in [-0.39, 0.29) is 5.96 Å². The van der Waals surface area contributed by atoms with E-state index in [0.29, 0.717) is 13.1 Å². The Labute approximate surface area is 167 Å². The van der Waals surface area contributed by atoms with Gasteiger partial charge in [0.25, 0.3) is 0 Å². The lowest BCUT2D eigenvalue weighted by Crippen LogP contribution is -2.23. The van der Waals surface area contributed by atoms with E-state index in [1.54, 1.807) is 0 Å². The van der Waals surface area contributed by atoms with Gasteiger partial charge in [-0.15, -0.1) is 0 Å². The molecule has 2 aromatic carbocycles. The topological polar surface area (TPSA) is 94.2 Å². The number of rotatable bonds is 5. The molecule has 6 nitrogen and oxygen atoms in total. The lowest BCUT2D eigenvalue weighted by molar-refractivity contribution is 0.756. The summed E-state index contributed by atoms with van der Waals surface area (Å²) in [6, 6.07) is 14.3. The summed E-state index contributed by atoms with van der Waals surface area (Å²) in [5.74, 6) is 0.101. The van der Waals surface area contributed by atoms with Gasteiger partial charge in [-0.2, -0.15) is 0 Å². The molecular formula is C21H21ClN6. The van der Waals surface area contributed by atoms with Gasteiger partial charge in [0.15, 0.2) is 5.96 Å². The van der Waals surface area contributed by atoms with Crippen LogP contribution in [-0.4, -0.2) is 22.1 Å². The number of aryl methyl sites for hydroxylation is 1. The second-order valence-electron chi connectivity index (χ2n) is 6.67. The number of nitrogens with two attached hydrogens (primary N) is 2. The molecule has 0 aliphatic rings. The molecule has 0 spiro atoms. The van der Waals surface area contributed by atoms with Crippen LogP contribution in [0.4, 0.5) is 11.4 Å². The van der Waals surface area contributed by atoms with Crippen molar-refractivity contribution >= 4 is 50.7 Å². The number of benzene rings is 2. The fourth-order valence-corrected chi connectivity index (χ4v) is 3.55. The lowest BCUT2D eigenvalue weighted by atomic mass is 10.1. The number of halogens is 1. The predicted molar refractivity (Wildman–Crippen MR) is 117 cm³/mol. The summed E-state index contributed by atoms with van der Waals surface area (Å²) in [4.78, 5) is 8.40. The molecule has 0 saturated heterocycles. The average Bonchev–Trinajstić information content (AvgIpc) is 2.98. The third kappa shape index (κ3) is 3.46. The maximum atomic E-state index is 6.13. The molecule has 0 radical (unpaired) electrons. The van der Waals surface area contributed by atoms with Crippen molar-refractivity contribution in [2.24, 2.45) is 16.5 Å². The van der Waals surface area contributed by atoms with E-state index in [4.69, 9.17) is 23.1 Å². The van der Waals surface area contributed by atoms with Gasteiger partial charge in [0, 0.05) is 45.4 Å². The smallest absolute Gasteiger partial charge is 0.185 e. The Bertz CT molecular complexity index is 1190. The predicted octanol–water partition coefficient (Wildman–Crippen LogP) is 4.17. The molecule has 0 saturated carbocycles.